The van der Waals surface area contributed by atoms with Crippen LogP contribution in [0.3, 0.4) is 0 Å². The molecule has 4 N–H and O–H groups in total. The summed E-state index contributed by atoms with van der Waals surface area (Å²) >= 11 is 0. The Labute approximate surface area is 820 Å². The third kappa shape index (κ3) is 31.0. The zero-order valence-electron chi connectivity index (χ0n) is 83.0. The van der Waals surface area contributed by atoms with Crippen molar-refractivity contribution < 1.29 is 247 Å². The number of Topliss-reactive ketones (excluding diaryl/α,β-unsaturated/α-hetero) is 1. The molecule has 0 saturated carbocycles. The van der Waals surface area contributed by atoms with Crippen molar-refractivity contribution in [3.8, 4) is 12.3 Å². The number of aliphatic hydroxyl groups is 2. The van der Waals surface area contributed by atoms with Crippen molar-refractivity contribution >= 4 is 82.8 Å². The molecule has 12 saturated heterocycles. The lowest BCUT2D eigenvalue weighted by atomic mass is 9.96. The summed E-state index contributed by atoms with van der Waals surface area (Å²) in [5.41, 5.74) is -10.4. The van der Waals surface area contributed by atoms with Gasteiger partial charge in [-0.25, -0.2) is 54.5 Å². The van der Waals surface area contributed by atoms with Gasteiger partial charge in [-0.2, -0.15) is 44.5 Å². The van der Waals surface area contributed by atoms with E-state index < -0.39 is 337 Å². The number of nitrogens with one attached hydrogen (secondary N) is 2. The molecule has 12 fully saturated rings. The number of fused-ring (bicyclic) bond motifs is 6. The molecule has 14 rings (SSSR count). The van der Waals surface area contributed by atoms with Gasteiger partial charge in [0.05, 0.1) is 18.2 Å². The van der Waals surface area contributed by atoms with Crippen LogP contribution in [0.4, 0.5) is 76.2 Å². The third-order valence-corrected chi connectivity index (χ3v) is 21.6. The Morgan fingerprint density at radius 3 is 1.16 bits per heavy atom. The number of esters is 8. The summed E-state index contributed by atoms with van der Waals surface area (Å²) in [6, 6.07) is 0. The van der Waals surface area contributed by atoms with Crippen LogP contribution in [0.25, 0.3) is 11.2 Å². The fraction of sp³-hybridized carbons (Fsp3) is 0.791. The molecule has 12 aliphatic rings. The minimum atomic E-state index is -5.42. The molecule has 146 heavy (non-hydrogen) atoms. The number of carbonyl (C=O) groups is 11. The van der Waals surface area contributed by atoms with Crippen LogP contribution in [0, 0.1) is 12.3 Å². The number of hydrogen-bond acceptors (Lipinski definition) is 40. The van der Waals surface area contributed by atoms with E-state index in [0.29, 0.717) is 10.9 Å². The van der Waals surface area contributed by atoms with Gasteiger partial charge in [0.25, 0.3) is 5.56 Å². The van der Waals surface area contributed by atoms with Gasteiger partial charge in [0.15, 0.2) is 151 Å². The predicted octanol–water partition coefficient (Wildman–Crippen LogP) is 6.88. The van der Waals surface area contributed by atoms with Crippen molar-refractivity contribution in [2.75, 3.05) is 5.32 Å². The van der Waals surface area contributed by atoms with Crippen LogP contribution in [0.5, 0.6) is 0 Å². The Morgan fingerprint density at radius 2 is 0.822 bits per heavy atom. The van der Waals surface area contributed by atoms with E-state index in [1.807, 2.05) is 0 Å². The van der Waals surface area contributed by atoms with Crippen LogP contribution in [-0.4, -0.2) is 337 Å². The minimum absolute atomic E-state index is 0.336. The molecular formula is C86H115F16N5O39. The summed E-state index contributed by atoms with van der Waals surface area (Å²) < 4.78 is 333. The van der Waals surface area contributed by atoms with Gasteiger partial charge in [-0.1, -0.05) is 5.92 Å². The molecule has 2 unspecified atom stereocenters. The van der Waals surface area contributed by atoms with Crippen LogP contribution in [-0.2, 0) is 173 Å². The van der Waals surface area contributed by atoms with Crippen LogP contribution in [0.2, 0.25) is 0 Å². The van der Waals surface area contributed by atoms with Crippen molar-refractivity contribution in [3.05, 3.63) is 20.8 Å². The molecule has 0 aliphatic carbocycles. The first kappa shape index (κ1) is 124. The van der Waals surface area contributed by atoms with Crippen LogP contribution >= 0.6 is 0 Å². The molecule has 2 aromatic heterocycles. The SMILES string of the molecule is C#CCn1c(=O)n([C@@H]2O[C@H](C(C)(C)OC(=O)C(F)(F)F)[C@H](F)[C@H]2OC(C)=O)c2nc(NC(C)=O)[nH]c(=O)c21.CC(=O)OC(C)=O.CC(=O)OC1O[C@H](C(C)(C)OC(=O)C(F)(F)F)[C@H](F)[C@H]1OC(C)=O.CC(=O)[C@H]1O[C@@H]2OC(C)(C)O[C@@H]2[C@H]1F.CC(O)[C@H]1O[C@@H]2OC(C)(C)O[C@@H]2[C@H]1F.CC1(C)O[C@H]2O[C@H](C(C)(C)O)[C@H](F)[C@H]2O1.CC1(C)O[C@H]2O[C@H](C(C)(C)OC(=O)C(F)(F)F)[C@H](F)[C@H]2O1.CC1(C)O[C@H]2O[C@H](C=O)[C@H](F)[C@H]2O1. The maximum absolute atomic E-state index is 15.6. The Morgan fingerprint density at radius 1 is 0.473 bits per heavy atom. The van der Waals surface area contributed by atoms with Gasteiger partial charge in [-0.3, -0.25) is 53.2 Å². The molecule has 1 amide bonds. The third-order valence-electron chi connectivity index (χ3n) is 21.6. The lowest BCUT2D eigenvalue weighted by molar-refractivity contribution is -0.247. The van der Waals surface area contributed by atoms with E-state index in [0.717, 1.165) is 73.8 Å². The number of imidazole rings is 1. The fourth-order valence-corrected chi connectivity index (χ4v) is 15.9. The second-order valence-electron chi connectivity index (χ2n) is 38.4. The molecule has 830 valence electrons. The number of rotatable bonds is 16. The van der Waals surface area contributed by atoms with E-state index in [2.05, 4.69) is 49.6 Å². The molecule has 60 heteroatoms. The normalized spacial score (nSPS) is 33.4. The van der Waals surface area contributed by atoms with E-state index in [1.54, 1.807) is 69.2 Å². The van der Waals surface area contributed by atoms with Gasteiger partial charge in [-0.15, -0.1) is 6.42 Å². The monoisotopic (exact) mass is 2150 g/mol. The van der Waals surface area contributed by atoms with Gasteiger partial charge in [0, 0.05) is 41.5 Å². The molecule has 0 aromatic carbocycles. The number of nitrogens with zero attached hydrogens (tertiary/aromatic N) is 3. The van der Waals surface area contributed by atoms with Gasteiger partial charge >= 0.3 is 72.0 Å². The topological polar surface area (TPSA) is 534 Å². The van der Waals surface area contributed by atoms with Crippen molar-refractivity contribution in [3.63, 3.8) is 0 Å². The van der Waals surface area contributed by atoms with Crippen molar-refractivity contribution in [1.29, 1.82) is 0 Å². The predicted molar refractivity (Wildman–Crippen MR) is 447 cm³/mol. The number of alkyl halides is 16. The first-order valence-corrected chi connectivity index (χ1v) is 44.0. The summed E-state index contributed by atoms with van der Waals surface area (Å²) in [7, 11) is 0. The second kappa shape index (κ2) is 46.2. The summed E-state index contributed by atoms with van der Waals surface area (Å²) in [5.74, 6) is -15.2. The zero-order chi connectivity index (χ0) is 112. The quantitative estimate of drug-likeness (QED) is 0.0332. The molecule has 0 bridgehead atoms. The van der Waals surface area contributed by atoms with Crippen LogP contribution in [0.1, 0.15) is 186 Å². The van der Waals surface area contributed by atoms with E-state index >= 15 is 4.39 Å². The number of halogens is 16. The number of ketones is 1. The highest BCUT2D eigenvalue weighted by atomic mass is 19.4. The molecule has 44 nitrogen and oxygen atoms in total. The fourth-order valence-electron chi connectivity index (χ4n) is 15.9. The van der Waals surface area contributed by atoms with E-state index in [1.165, 1.54) is 41.5 Å². The minimum Gasteiger partial charge on any atom is -0.454 e. The first-order chi connectivity index (χ1) is 66.3. The number of aromatic nitrogens is 4. The molecule has 12 aliphatic heterocycles. The first-order valence-electron chi connectivity index (χ1n) is 44.0. The number of hydrogen-bond donors (Lipinski definition) is 4. The Kier molecular flexibility index (Phi) is 39.1. The van der Waals surface area contributed by atoms with Gasteiger partial charge in [0.1, 0.15) is 83.9 Å². The van der Waals surface area contributed by atoms with Crippen LogP contribution < -0.4 is 16.6 Å². The lowest BCUT2D eigenvalue weighted by Gasteiger charge is -2.33. The highest BCUT2D eigenvalue weighted by Crippen LogP contribution is 2.49. The number of H-pyrrole nitrogens is 1. The lowest BCUT2D eigenvalue weighted by Crippen LogP contribution is -2.49. The standard InChI is InChI=1S/C21H21F4N5O8.C13H16F4O7.C12H16F4O5.C10H17FO4.C9H15FO4.C9H13FO4.C8H11FO4.C4H6O3/c1-6-7-29-11-14(27-18(26-8(2)31)28-15(11)33)30(19(29)35)16-12(36-9(3)32)10(22)13(37-16)20(4,5)38-17(34)21(23,24)25;1-5(18)21-8-7(14)9(23-10(8)22-6(2)19)12(3,4)24-11(20)13(15,16)17;1-10(2,21-9(17)12(14,15)16)7-5(13)6-8(18-7)20-11(3,4)19-6;1-9(2,12)7-5(11)6-8(13-7)15-10(3,4)14-6;2*1-4(11)6-5(10)7-8(12-6)14-9(2,3)13-7;1-8(2)12-6-5(9)4(3-10)11-7(6)13-8;1-3(5)7-4(2)6/h1,10,12-13,16H,7H2,2-5H3,(H2,26,27,28,31,33);7-10H,1-4H3;5-8H,1-4H3;5-8,12H,1-4H3;4-8,11H,1-3H3;5-8H,1-3H3;3-7H,1-2H3;1-2H3/t10-,12-,13+,16-;7-,8-,9+,10?;2*5-,6-,7+,8-;4?,5-,6+,7+,8+;5-,6+,7+,8+;4-,5+,6-,7-;/m1111001./s1. The summed E-state index contributed by atoms with van der Waals surface area (Å²) in [5, 5.41) is 21.1. The highest BCUT2D eigenvalue weighted by Gasteiger charge is 2.66. The molecule has 0 radical (unpaired) electrons. The smallest absolute Gasteiger partial charge is 0.454 e. The van der Waals surface area contributed by atoms with Gasteiger partial charge in [0.2, 0.25) is 18.1 Å². The Bertz CT molecular complexity index is 5160. The Balaban J connectivity index is 0.000000236. The number of aliphatic hydroxyl groups excluding tert-OH is 1. The number of aldehydes is 1. The maximum atomic E-state index is 15.6. The number of anilines is 1. The van der Waals surface area contributed by atoms with Crippen LogP contribution in [0.15, 0.2) is 9.59 Å². The maximum Gasteiger partial charge on any atom is 0.490 e. The summed E-state index contributed by atoms with van der Waals surface area (Å²) in [6.45, 7) is 34.4. The van der Waals surface area contributed by atoms with Gasteiger partial charge in [-0.05, 0) is 138 Å². The number of ether oxygens (including phenoxy) is 24. The molecule has 2 aromatic rings. The zero-order valence-corrected chi connectivity index (χ0v) is 83.0. The van der Waals surface area contributed by atoms with Crippen molar-refractivity contribution in [1.82, 2.24) is 19.1 Å². The number of aromatic amines is 1. The second-order valence-corrected chi connectivity index (χ2v) is 38.4. The van der Waals surface area contributed by atoms with Gasteiger partial charge < -0.3 is 129 Å². The number of terminal acetylenes is 1. The van der Waals surface area contributed by atoms with E-state index in [4.69, 9.17) is 91.7 Å². The number of carbonyl (C=O) groups excluding carboxylic acids is 11. The largest absolute Gasteiger partial charge is 0.490 e. The Hall–Kier alpha value is -9.40. The summed E-state index contributed by atoms with van der Waals surface area (Å²) in [4.78, 5) is 152. The average Bonchev–Trinajstić information content (AvgIpc) is 1.57. The molecule has 29 atom stereocenters. The van der Waals surface area contributed by atoms with E-state index in [9.17, 15) is 138 Å². The summed E-state index contributed by atoms with van der Waals surface area (Å²) in [6.07, 6.45) is -47.3. The van der Waals surface area contributed by atoms with E-state index in [-0.39, 0.29) is 5.78 Å². The molecular weight excluding hydrogens is 2030 g/mol. The van der Waals surface area contributed by atoms with Crippen molar-refractivity contribution in [2.45, 2.75) is 435 Å². The van der Waals surface area contributed by atoms with Crippen molar-refractivity contribution in [2.24, 2.45) is 0 Å². The highest BCUT2D eigenvalue weighted by molar-refractivity contribution is 5.88. The number of amides is 1. The average molecular weight is 2150 g/mol. The molecule has 0 spiro atoms. The molecule has 14 heterocycles.